The van der Waals surface area contributed by atoms with Gasteiger partial charge in [-0.1, -0.05) is 6.92 Å². The highest BCUT2D eigenvalue weighted by Gasteiger charge is 2.19. The van der Waals surface area contributed by atoms with E-state index in [0.717, 1.165) is 5.69 Å². The molecule has 0 spiro atoms. The normalized spacial score (nSPS) is 11.6. The number of nitrogens with zero attached hydrogens (tertiary/aromatic N) is 2. The molecule has 1 aromatic rings. The summed E-state index contributed by atoms with van der Waals surface area (Å²) in [5.41, 5.74) is -0.0678. The van der Waals surface area contributed by atoms with Gasteiger partial charge in [0.25, 0.3) is 0 Å². The predicted molar refractivity (Wildman–Crippen MR) is 71.3 cm³/mol. The van der Waals surface area contributed by atoms with Crippen LogP contribution < -0.4 is 5.32 Å². The van der Waals surface area contributed by atoms with E-state index in [1.807, 2.05) is 11.8 Å². The third kappa shape index (κ3) is 5.75. The van der Waals surface area contributed by atoms with Crippen LogP contribution in [0.2, 0.25) is 0 Å². The Bertz CT molecular complexity index is 374. The molecular weight excluding hydrogens is 230 g/mol. The minimum Gasteiger partial charge on any atom is -0.389 e. The molecule has 0 radical (unpaired) electrons. The van der Waals surface area contributed by atoms with E-state index in [0.29, 0.717) is 13.1 Å². The Morgan fingerprint density at radius 1 is 1.44 bits per heavy atom. The Labute approximate surface area is 108 Å². The van der Waals surface area contributed by atoms with E-state index in [-0.39, 0.29) is 12.5 Å². The van der Waals surface area contributed by atoms with Crippen LogP contribution >= 0.6 is 0 Å². The van der Waals surface area contributed by atoms with Crippen LogP contribution in [0.4, 0.5) is 5.69 Å². The highest BCUT2D eigenvalue weighted by molar-refractivity contribution is 5.92. The fraction of sp³-hybridized carbons (Fsp3) is 0.538. The Kier molecular flexibility index (Phi) is 5.25. The monoisotopic (exact) mass is 251 g/mol. The molecule has 0 aromatic carbocycles. The largest absolute Gasteiger partial charge is 0.389 e. The molecule has 0 unspecified atom stereocenters. The summed E-state index contributed by atoms with van der Waals surface area (Å²) in [4.78, 5) is 17.6. The van der Waals surface area contributed by atoms with Gasteiger partial charge in [0.2, 0.25) is 5.91 Å². The Morgan fingerprint density at radius 2 is 2.06 bits per heavy atom. The molecule has 0 fully saturated rings. The number of hydrogen-bond acceptors (Lipinski definition) is 4. The zero-order valence-corrected chi connectivity index (χ0v) is 11.2. The smallest absolute Gasteiger partial charge is 0.238 e. The van der Waals surface area contributed by atoms with Gasteiger partial charge in [-0.25, -0.2) is 0 Å². The summed E-state index contributed by atoms with van der Waals surface area (Å²) >= 11 is 0. The van der Waals surface area contributed by atoms with Gasteiger partial charge in [-0.05, 0) is 32.5 Å². The molecule has 1 amide bonds. The summed E-state index contributed by atoms with van der Waals surface area (Å²) < 4.78 is 0. The lowest BCUT2D eigenvalue weighted by Gasteiger charge is -2.27. The molecule has 5 heteroatoms. The Balaban J connectivity index is 2.48. The lowest BCUT2D eigenvalue weighted by atomic mass is 10.1. The predicted octanol–water partition coefficient (Wildman–Crippen LogP) is 1.11. The summed E-state index contributed by atoms with van der Waals surface area (Å²) in [6.07, 6.45) is 3.26. The van der Waals surface area contributed by atoms with E-state index in [4.69, 9.17) is 0 Å². The number of carbonyl (C=O) groups excluding carboxylic acids is 1. The van der Waals surface area contributed by atoms with Crippen molar-refractivity contribution in [2.24, 2.45) is 0 Å². The molecule has 5 nitrogen and oxygen atoms in total. The third-order valence-electron chi connectivity index (χ3n) is 2.39. The van der Waals surface area contributed by atoms with E-state index in [2.05, 4.69) is 10.3 Å². The van der Waals surface area contributed by atoms with Crippen molar-refractivity contribution >= 4 is 11.6 Å². The second-order valence-corrected chi connectivity index (χ2v) is 4.90. The van der Waals surface area contributed by atoms with Crippen molar-refractivity contribution in [1.29, 1.82) is 0 Å². The number of likely N-dealkylation sites (N-methyl/N-ethyl adjacent to an activating group) is 1. The maximum absolute atomic E-state index is 11.8. The number of aromatic nitrogens is 1. The van der Waals surface area contributed by atoms with Crippen molar-refractivity contribution in [3.8, 4) is 0 Å². The molecule has 2 N–H and O–H groups in total. The van der Waals surface area contributed by atoms with Gasteiger partial charge < -0.3 is 10.4 Å². The zero-order chi connectivity index (χ0) is 13.6. The van der Waals surface area contributed by atoms with Gasteiger partial charge in [-0.15, -0.1) is 0 Å². The maximum atomic E-state index is 11.8. The summed E-state index contributed by atoms with van der Waals surface area (Å²) in [5, 5.41) is 12.5. The van der Waals surface area contributed by atoms with E-state index in [1.54, 1.807) is 38.4 Å². The fourth-order valence-electron chi connectivity index (χ4n) is 1.67. The van der Waals surface area contributed by atoms with E-state index in [9.17, 15) is 9.90 Å². The van der Waals surface area contributed by atoms with Gasteiger partial charge in [0.15, 0.2) is 0 Å². The molecule has 0 aliphatic carbocycles. The molecule has 1 heterocycles. The topological polar surface area (TPSA) is 65.5 Å². The van der Waals surface area contributed by atoms with E-state index >= 15 is 0 Å². The lowest BCUT2D eigenvalue weighted by molar-refractivity contribution is -0.117. The van der Waals surface area contributed by atoms with Crippen LogP contribution in [0.15, 0.2) is 24.5 Å². The molecule has 100 valence electrons. The third-order valence-corrected chi connectivity index (χ3v) is 2.39. The first-order chi connectivity index (χ1) is 8.40. The molecule has 0 saturated heterocycles. The first-order valence-electron chi connectivity index (χ1n) is 6.05. The standard InChI is InChI=1S/C13H21N3O2/c1-4-16(10-13(2,3)18)9-12(17)15-11-5-7-14-8-6-11/h5-8,18H,4,9-10H2,1-3H3,(H,14,15,17). The van der Waals surface area contributed by atoms with Crippen LogP contribution in [0.3, 0.4) is 0 Å². The van der Waals surface area contributed by atoms with Crippen molar-refractivity contribution < 1.29 is 9.90 Å². The Morgan fingerprint density at radius 3 is 2.56 bits per heavy atom. The molecule has 0 saturated carbocycles. The average Bonchev–Trinajstić information content (AvgIpc) is 2.27. The summed E-state index contributed by atoms with van der Waals surface area (Å²) in [7, 11) is 0. The summed E-state index contributed by atoms with van der Waals surface area (Å²) in [6, 6.07) is 3.48. The number of rotatable bonds is 6. The number of carbonyl (C=O) groups is 1. The highest BCUT2D eigenvalue weighted by Crippen LogP contribution is 2.06. The second kappa shape index (κ2) is 6.47. The van der Waals surface area contributed by atoms with Gasteiger partial charge in [-0.3, -0.25) is 14.7 Å². The van der Waals surface area contributed by atoms with Gasteiger partial charge in [-0.2, -0.15) is 0 Å². The average molecular weight is 251 g/mol. The molecular formula is C13H21N3O2. The summed E-state index contributed by atoms with van der Waals surface area (Å²) in [5.74, 6) is -0.0905. The fourth-order valence-corrected chi connectivity index (χ4v) is 1.67. The quantitative estimate of drug-likeness (QED) is 0.795. The van der Waals surface area contributed by atoms with Crippen molar-refractivity contribution in [2.45, 2.75) is 26.4 Å². The van der Waals surface area contributed by atoms with Crippen molar-refractivity contribution in [3.63, 3.8) is 0 Å². The van der Waals surface area contributed by atoms with Crippen molar-refractivity contribution in [2.75, 3.05) is 25.0 Å². The van der Waals surface area contributed by atoms with Gasteiger partial charge in [0, 0.05) is 24.6 Å². The molecule has 0 aliphatic rings. The second-order valence-electron chi connectivity index (χ2n) is 4.90. The van der Waals surface area contributed by atoms with Gasteiger partial charge >= 0.3 is 0 Å². The van der Waals surface area contributed by atoms with Crippen LogP contribution in [-0.2, 0) is 4.79 Å². The zero-order valence-electron chi connectivity index (χ0n) is 11.2. The number of aliphatic hydroxyl groups is 1. The number of nitrogens with one attached hydrogen (secondary N) is 1. The Hall–Kier alpha value is -1.46. The van der Waals surface area contributed by atoms with Crippen molar-refractivity contribution in [3.05, 3.63) is 24.5 Å². The first-order valence-corrected chi connectivity index (χ1v) is 6.05. The highest BCUT2D eigenvalue weighted by atomic mass is 16.3. The maximum Gasteiger partial charge on any atom is 0.238 e. The first kappa shape index (κ1) is 14.6. The van der Waals surface area contributed by atoms with Gasteiger partial charge in [0.1, 0.15) is 0 Å². The molecule has 18 heavy (non-hydrogen) atoms. The number of hydrogen-bond donors (Lipinski definition) is 2. The minimum atomic E-state index is -0.799. The molecule has 0 aliphatic heterocycles. The van der Waals surface area contributed by atoms with E-state index < -0.39 is 5.60 Å². The van der Waals surface area contributed by atoms with Crippen LogP contribution in [-0.4, -0.2) is 46.1 Å². The molecule has 0 atom stereocenters. The molecule has 0 bridgehead atoms. The van der Waals surface area contributed by atoms with E-state index in [1.165, 1.54) is 0 Å². The van der Waals surface area contributed by atoms with Crippen LogP contribution in [0.1, 0.15) is 20.8 Å². The van der Waals surface area contributed by atoms with Crippen LogP contribution in [0.25, 0.3) is 0 Å². The summed E-state index contributed by atoms with van der Waals surface area (Å²) in [6.45, 7) is 6.88. The van der Waals surface area contributed by atoms with Crippen molar-refractivity contribution in [1.82, 2.24) is 9.88 Å². The molecule has 1 aromatic heterocycles. The van der Waals surface area contributed by atoms with Crippen LogP contribution in [0, 0.1) is 0 Å². The van der Waals surface area contributed by atoms with Gasteiger partial charge in [0.05, 0.1) is 12.1 Å². The lowest BCUT2D eigenvalue weighted by Crippen LogP contribution is -2.42. The number of amides is 1. The number of pyridine rings is 1. The number of anilines is 1. The molecule has 1 rings (SSSR count). The SMILES string of the molecule is CCN(CC(=O)Nc1ccncc1)CC(C)(C)O. The minimum absolute atomic E-state index is 0.0905. The van der Waals surface area contributed by atoms with Crippen LogP contribution in [0.5, 0.6) is 0 Å².